The van der Waals surface area contributed by atoms with Gasteiger partial charge in [-0.3, -0.25) is 4.79 Å². The van der Waals surface area contributed by atoms with Crippen molar-refractivity contribution in [1.82, 2.24) is 0 Å². The number of halogens is 1. The van der Waals surface area contributed by atoms with E-state index in [9.17, 15) is 4.79 Å². The van der Waals surface area contributed by atoms with Gasteiger partial charge in [0.1, 0.15) is 0 Å². The smallest absolute Gasteiger partial charge is 0.160 e. The molecule has 1 heterocycles. The molecule has 15 heavy (non-hydrogen) atoms. The van der Waals surface area contributed by atoms with Gasteiger partial charge in [-0.05, 0) is 24.6 Å². The molecule has 2 rings (SSSR count). The summed E-state index contributed by atoms with van der Waals surface area (Å²) in [4.78, 5) is 12.5. The number of rotatable bonds is 2. The van der Waals surface area contributed by atoms with Crippen molar-refractivity contribution in [3.63, 3.8) is 0 Å². The number of thiophene rings is 1. The highest BCUT2D eigenvalue weighted by atomic mass is 35.5. The fourth-order valence-electron chi connectivity index (χ4n) is 1.48. The van der Waals surface area contributed by atoms with Crippen LogP contribution in [-0.2, 0) is 0 Å². The quantitative estimate of drug-likeness (QED) is 0.715. The Morgan fingerprint density at radius 3 is 2.67 bits per heavy atom. The van der Waals surface area contributed by atoms with Crippen molar-refractivity contribution >= 4 is 29.2 Å². The average molecular weight is 237 g/mol. The molecule has 2 aromatic rings. The van der Waals surface area contributed by atoms with E-state index in [0.717, 1.165) is 32.2 Å². The molecule has 0 unspecified atom stereocenters. The number of aldehydes is 1. The van der Waals surface area contributed by atoms with E-state index in [1.807, 2.05) is 37.3 Å². The van der Waals surface area contributed by atoms with Crippen molar-refractivity contribution in [2.45, 2.75) is 6.92 Å². The molecule has 0 saturated heterocycles. The van der Waals surface area contributed by atoms with E-state index in [0.29, 0.717) is 0 Å². The van der Waals surface area contributed by atoms with Crippen LogP contribution in [0.25, 0.3) is 10.4 Å². The molecule has 1 nitrogen and oxygen atoms in total. The summed E-state index contributed by atoms with van der Waals surface area (Å²) in [5.74, 6) is 0. The molecule has 0 fully saturated rings. The Kier molecular flexibility index (Phi) is 2.89. The highest BCUT2D eigenvalue weighted by molar-refractivity contribution is 7.17. The lowest BCUT2D eigenvalue weighted by Gasteiger charge is -2.01. The Hall–Kier alpha value is -1.12. The highest BCUT2D eigenvalue weighted by Gasteiger charge is 2.09. The molecule has 0 atom stereocenters. The van der Waals surface area contributed by atoms with Gasteiger partial charge in [0.2, 0.25) is 0 Å². The summed E-state index contributed by atoms with van der Waals surface area (Å²) in [6, 6.07) is 9.55. The summed E-state index contributed by atoms with van der Waals surface area (Å²) in [7, 11) is 0. The maximum Gasteiger partial charge on any atom is 0.160 e. The van der Waals surface area contributed by atoms with Crippen LogP contribution in [0.5, 0.6) is 0 Å². The summed E-state index contributed by atoms with van der Waals surface area (Å²) in [6.45, 7) is 1.99. The molecule has 0 spiro atoms. The number of carbonyl (C=O) groups excluding carboxylic acids is 1. The van der Waals surface area contributed by atoms with Crippen LogP contribution >= 0.6 is 22.9 Å². The Bertz CT molecular complexity index is 502. The third-order valence-electron chi connectivity index (χ3n) is 2.17. The van der Waals surface area contributed by atoms with Gasteiger partial charge in [-0.15, -0.1) is 11.3 Å². The van der Waals surface area contributed by atoms with Crippen molar-refractivity contribution in [2.24, 2.45) is 0 Å². The second kappa shape index (κ2) is 4.17. The van der Waals surface area contributed by atoms with Crippen molar-refractivity contribution in [3.8, 4) is 10.4 Å². The standard InChI is InChI=1S/C12H9ClOS/c1-8-6-9(7-14)15-12(8)10-4-2-3-5-11(10)13/h2-7H,1H3. The van der Waals surface area contributed by atoms with Crippen LogP contribution in [0.3, 0.4) is 0 Å². The molecule has 0 aliphatic carbocycles. The van der Waals surface area contributed by atoms with Gasteiger partial charge in [0.25, 0.3) is 0 Å². The summed E-state index contributed by atoms with van der Waals surface area (Å²) in [5, 5.41) is 0.722. The third kappa shape index (κ3) is 1.96. The van der Waals surface area contributed by atoms with Gasteiger partial charge >= 0.3 is 0 Å². The Morgan fingerprint density at radius 1 is 1.33 bits per heavy atom. The molecule has 76 valence electrons. The molecule has 0 radical (unpaired) electrons. The second-order valence-electron chi connectivity index (χ2n) is 3.26. The first-order chi connectivity index (χ1) is 7.22. The predicted octanol–water partition coefficient (Wildman–Crippen LogP) is 4.19. The van der Waals surface area contributed by atoms with E-state index in [4.69, 9.17) is 11.6 Å². The van der Waals surface area contributed by atoms with E-state index >= 15 is 0 Å². The van der Waals surface area contributed by atoms with Crippen molar-refractivity contribution in [3.05, 3.63) is 45.8 Å². The minimum atomic E-state index is 0.722. The maximum atomic E-state index is 10.7. The predicted molar refractivity (Wildman–Crippen MR) is 64.9 cm³/mol. The van der Waals surface area contributed by atoms with Crippen molar-refractivity contribution < 1.29 is 4.79 Å². The Morgan fingerprint density at radius 2 is 2.07 bits per heavy atom. The SMILES string of the molecule is Cc1cc(C=O)sc1-c1ccccc1Cl. The van der Waals surface area contributed by atoms with E-state index in [-0.39, 0.29) is 0 Å². The largest absolute Gasteiger partial charge is 0.297 e. The maximum absolute atomic E-state index is 10.7. The van der Waals surface area contributed by atoms with Crippen LogP contribution in [-0.4, -0.2) is 6.29 Å². The van der Waals surface area contributed by atoms with Crippen LogP contribution in [0.1, 0.15) is 15.2 Å². The third-order valence-corrected chi connectivity index (χ3v) is 3.70. The lowest BCUT2D eigenvalue weighted by atomic mass is 10.1. The summed E-state index contributed by atoms with van der Waals surface area (Å²) < 4.78 is 0. The lowest BCUT2D eigenvalue weighted by Crippen LogP contribution is -1.76. The number of hydrogen-bond acceptors (Lipinski definition) is 2. The van der Waals surface area contributed by atoms with Crippen LogP contribution < -0.4 is 0 Å². The molecule has 0 saturated carbocycles. The minimum Gasteiger partial charge on any atom is -0.297 e. The van der Waals surface area contributed by atoms with Crippen LogP contribution in [0.15, 0.2) is 30.3 Å². The van der Waals surface area contributed by atoms with Gasteiger partial charge < -0.3 is 0 Å². The molecule has 0 bridgehead atoms. The normalized spacial score (nSPS) is 10.3. The van der Waals surface area contributed by atoms with E-state index in [1.165, 1.54) is 11.3 Å². The zero-order valence-electron chi connectivity index (χ0n) is 8.16. The molecule has 0 aliphatic rings. The van der Waals surface area contributed by atoms with Crippen molar-refractivity contribution in [2.75, 3.05) is 0 Å². The average Bonchev–Trinajstić information content (AvgIpc) is 2.60. The number of hydrogen-bond donors (Lipinski definition) is 0. The number of aryl methyl sites for hydroxylation is 1. The molecule has 3 heteroatoms. The molecule has 1 aromatic heterocycles. The van der Waals surface area contributed by atoms with Gasteiger partial charge in [0, 0.05) is 15.5 Å². The van der Waals surface area contributed by atoms with Gasteiger partial charge in [0.15, 0.2) is 6.29 Å². The molecule has 0 aliphatic heterocycles. The summed E-state index contributed by atoms with van der Waals surface area (Å²) in [6.07, 6.45) is 0.873. The first-order valence-corrected chi connectivity index (χ1v) is 5.72. The van der Waals surface area contributed by atoms with Crippen LogP contribution in [0.4, 0.5) is 0 Å². The van der Waals surface area contributed by atoms with E-state index < -0.39 is 0 Å². The van der Waals surface area contributed by atoms with Crippen molar-refractivity contribution in [1.29, 1.82) is 0 Å². The Labute approximate surface area is 97.3 Å². The fraction of sp³-hybridized carbons (Fsp3) is 0.0833. The monoisotopic (exact) mass is 236 g/mol. The second-order valence-corrected chi connectivity index (χ2v) is 4.75. The zero-order chi connectivity index (χ0) is 10.8. The van der Waals surface area contributed by atoms with Crippen LogP contribution in [0, 0.1) is 6.92 Å². The highest BCUT2D eigenvalue weighted by Crippen LogP contribution is 2.35. The summed E-state index contributed by atoms with van der Waals surface area (Å²) >= 11 is 7.58. The zero-order valence-corrected chi connectivity index (χ0v) is 9.73. The van der Waals surface area contributed by atoms with Gasteiger partial charge in [0.05, 0.1) is 4.88 Å². The number of carbonyl (C=O) groups is 1. The minimum absolute atomic E-state index is 0.722. The Balaban J connectivity index is 2.58. The topological polar surface area (TPSA) is 17.1 Å². The lowest BCUT2D eigenvalue weighted by molar-refractivity contribution is 0.112. The van der Waals surface area contributed by atoms with Gasteiger partial charge in [-0.2, -0.15) is 0 Å². The molecule has 0 N–H and O–H groups in total. The van der Waals surface area contributed by atoms with Crippen LogP contribution in [0.2, 0.25) is 5.02 Å². The molecule has 1 aromatic carbocycles. The molecular formula is C12H9ClOS. The first-order valence-electron chi connectivity index (χ1n) is 4.53. The van der Waals surface area contributed by atoms with Gasteiger partial charge in [-0.25, -0.2) is 0 Å². The molecule has 0 amide bonds. The molecular weight excluding hydrogens is 228 g/mol. The first kappa shape index (κ1) is 10.4. The number of benzene rings is 1. The van der Waals surface area contributed by atoms with Gasteiger partial charge in [-0.1, -0.05) is 29.8 Å². The summed E-state index contributed by atoms with van der Waals surface area (Å²) in [5.41, 5.74) is 2.09. The fourth-order valence-corrected chi connectivity index (χ4v) is 2.79. The van der Waals surface area contributed by atoms with E-state index in [1.54, 1.807) is 0 Å². The van der Waals surface area contributed by atoms with E-state index in [2.05, 4.69) is 0 Å².